The van der Waals surface area contributed by atoms with E-state index < -0.39 is 5.91 Å². The molecule has 1 aliphatic heterocycles. The molecule has 0 unspecified atom stereocenters. The molecular weight excluding hydrogens is 282 g/mol. The van der Waals surface area contributed by atoms with Crippen molar-refractivity contribution < 1.29 is 14.0 Å². The molecule has 0 fully saturated rings. The fourth-order valence-electron chi connectivity index (χ4n) is 2.17. The van der Waals surface area contributed by atoms with Crippen molar-refractivity contribution in [1.82, 2.24) is 4.90 Å². The van der Waals surface area contributed by atoms with Gasteiger partial charge in [0.1, 0.15) is 23.8 Å². The molecule has 0 atom stereocenters. The lowest BCUT2D eigenvalue weighted by atomic mass is 10.2. The fraction of sp³-hybridized carbons (Fsp3) is 0.0625. The Morgan fingerprint density at radius 3 is 2.64 bits per heavy atom. The van der Waals surface area contributed by atoms with E-state index in [4.69, 9.17) is 10.2 Å². The number of hydrogen-bond donors (Lipinski definition) is 1. The Labute approximate surface area is 126 Å². The van der Waals surface area contributed by atoms with Gasteiger partial charge in [-0.3, -0.25) is 14.5 Å². The molecule has 6 heteroatoms. The molecular formula is C16H13N3O3. The molecule has 2 aromatic rings. The van der Waals surface area contributed by atoms with Crippen LogP contribution in [0.25, 0.3) is 6.08 Å². The summed E-state index contributed by atoms with van der Waals surface area (Å²) in [7, 11) is 0. The number of amidine groups is 1. The van der Waals surface area contributed by atoms with Crippen molar-refractivity contribution in [2.75, 3.05) is 6.54 Å². The summed E-state index contributed by atoms with van der Waals surface area (Å²) in [5, 5.41) is 0. The lowest BCUT2D eigenvalue weighted by Crippen LogP contribution is -2.39. The topological polar surface area (TPSA) is 88.9 Å². The first-order valence-corrected chi connectivity index (χ1v) is 6.64. The van der Waals surface area contributed by atoms with Crippen LogP contribution in [0.3, 0.4) is 0 Å². The van der Waals surface area contributed by atoms with E-state index in [1.54, 1.807) is 12.1 Å². The number of furan rings is 1. The van der Waals surface area contributed by atoms with Gasteiger partial charge in [-0.25, -0.2) is 4.99 Å². The van der Waals surface area contributed by atoms with E-state index in [1.807, 2.05) is 30.3 Å². The van der Waals surface area contributed by atoms with Crippen molar-refractivity contribution >= 4 is 23.7 Å². The van der Waals surface area contributed by atoms with Crippen molar-refractivity contribution in [3.05, 3.63) is 65.7 Å². The van der Waals surface area contributed by atoms with Crippen molar-refractivity contribution in [3.63, 3.8) is 0 Å². The third kappa shape index (κ3) is 2.67. The Kier molecular flexibility index (Phi) is 3.57. The molecule has 2 N–H and O–H groups in total. The summed E-state index contributed by atoms with van der Waals surface area (Å²) >= 11 is 0. The third-order valence-corrected chi connectivity index (χ3v) is 3.11. The summed E-state index contributed by atoms with van der Waals surface area (Å²) in [6.45, 7) is -0.220. The molecule has 0 aliphatic carbocycles. The molecule has 2 heterocycles. The molecule has 3 rings (SSSR count). The van der Waals surface area contributed by atoms with Crippen LogP contribution in [0, 0.1) is 0 Å². The maximum Gasteiger partial charge on any atom is 0.278 e. The van der Waals surface area contributed by atoms with Crippen LogP contribution >= 0.6 is 0 Å². The minimum atomic E-state index is -0.601. The van der Waals surface area contributed by atoms with Crippen molar-refractivity contribution in [1.29, 1.82) is 0 Å². The third-order valence-electron chi connectivity index (χ3n) is 3.11. The molecule has 2 amide bonds. The number of nitrogens with two attached hydrogens (primary N) is 1. The first-order chi connectivity index (χ1) is 10.6. The van der Waals surface area contributed by atoms with Gasteiger partial charge >= 0.3 is 0 Å². The number of carbonyl (C=O) groups excluding carboxylic acids is 2. The number of amides is 2. The smallest absolute Gasteiger partial charge is 0.278 e. The molecule has 1 aliphatic rings. The molecule has 0 spiro atoms. The Hall–Kier alpha value is -3.15. The Morgan fingerprint density at radius 2 is 2.00 bits per heavy atom. The van der Waals surface area contributed by atoms with Gasteiger partial charge < -0.3 is 10.2 Å². The zero-order valence-electron chi connectivity index (χ0n) is 11.6. The lowest BCUT2D eigenvalue weighted by molar-refractivity contribution is -0.127. The fourth-order valence-corrected chi connectivity index (χ4v) is 2.17. The van der Waals surface area contributed by atoms with Crippen molar-refractivity contribution in [2.45, 2.75) is 0 Å². The highest BCUT2D eigenvalue weighted by Gasteiger charge is 2.32. The van der Waals surface area contributed by atoms with Crippen LogP contribution < -0.4 is 5.73 Å². The largest absolute Gasteiger partial charge is 0.465 e. The van der Waals surface area contributed by atoms with E-state index in [1.165, 1.54) is 17.2 Å². The predicted octanol–water partition coefficient (Wildman–Crippen LogP) is 1.39. The molecule has 22 heavy (non-hydrogen) atoms. The van der Waals surface area contributed by atoms with Crippen molar-refractivity contribution in [3.8, 4) is 0 Å². The Morgan fingerprint density at radius 1 is 1.23 bits per heavy atom. The number of rotatable bonds is 4. The van der Waals surface area contributed by atoms with Crippen LogP contribution in [0.4, 0.5) is 0 Å². The van der Waals surface area contributed by atoms with E-state index in [2.05, 4.69) is 4.99 Å². The Bertz CT molecular complexity index is 761. The highest BCUT2D eigenvalue weighted by Crippen LogP contribution is 2.21. The highest BCUT2D eigenvalue weighted by atomic mass is 16.3. The molecule has 110 valence electrons. The van der Waals surface area contributed by atoms with Gasteiger partial charge in [-0.05, 0) is 12.1 Å². The second kappa shape index (κ2) is 5.69. The minimum absolute atomic E-state index is 0.204. The normalized spacial score (nSPS) is 16.2. The van der Waals surface area contributed by atoms with Gasteiger partial charge in [0.2, 0.25) is 5.91 Å². The maximum atomic E-state index is 12.4. The van der Waals surface area contributed by atoms with E-state index in [-0.39, 0.29) is 18.1 Å². The van der Waals surface area contributed by atoms with Gasteiger partial charge in [0.15, 0.2) is 0 Å². The molecule has 0 bridgehead atoms. The van der Waals surface area contributed by atoms with Crippen LogP contribution in [0.1, 0.15) is 11.3 Å². The molecule has 1 aromatic heterocycles. The molecule has 0 radical (unpaired) electrons. The van der Waals surface area contributed by atoms with Crippen LogP contribution in [-0.2, 0) is 9.59 Å². The average Bonchev–Trinajstić information content (AvgIpc) is 3.11. The van der Waals surface area contributed by atoms with Gasteiger partial charge in [0.05, 0.1) is 6.26 Å². The van der Waals surface area contributed by atoms with E-state index in [0.29, 0.717) is 11.6 Å². The number of benzene rings is 1. The average molecular weight is 295 g/mol. The standard InChI is InChI=1S/C16H13N3O3/c17-14(20)10-19-15(11-5-2-1-3-6-11)18-13(16(19)21)9-12-7-4-8-22-12/h1-9H,10H2,(H2,17,20)/b13-9+. The van der Waals surface area contributed by atoms with E-state index in [9.17, 15) is 9.59 Å². The summed E-state index contributed by atoms with van der Waals surface area (Å²) in [4.78, 5) is 29.3. The summed E-state index contributed by atoms with van der Waals surface area (Å²) in [5.74, 6) is -0.0621. The van der Waals surface area contributed by atoms with Gasteiger partial charge in [-0.15, -0.1) is 0 Å². The second-order valence-corrected chi connectivity index (χ2v) is 4.70. The Balaban J connectivity index is 2.02. The van der Waals surface area contributed by atoms with Crippen LogP contribution in [-0.4, -0.2) is 29.1 Å². The van der Waals surface area contributed by atoms with Gasteiger partial charge in [0, 0.05) is 11.6 Å². The second-order valence-electron chi connectivity index (χ2n) is 4.70. The van der Waals surface area contributed by atoms with Gasteiger partial charge in [-0.1, -0.05) is 30.3 Å². The van der Waals surface area contributed by atoms with Gasteiger partial charge in [0.25, 0.3) is 5.91 Å². The number of aliphatic imine (C=N–C) groups is 1. The highest BCUT2D eigenvalue weighted by molar-refractivity contribution is 6.20. The van der Waals surface area contributed by atoms with Crippen molar-refractivity contribution in [2.24, 2.45) is 10.7 Å². The number of nitrogens with zero attached hydrogens (tertiary/aromatic N) is 2. The van der Waals surface area contributed by atoms with Gasteiger partial charge in [-0.2, -0.15) is 0 Å². The SMILES string of the molecule is NC(=O)CN1C(=O)/C(=C\c2ccco2)N=C1c1ccccc1. The van der Waals surface area contributed by atoms with Crippen LogP contribution in [0.5, 0.6) is 0 Å². The quantitative estimate of drug-likeness (QED) is 0.864. The van der Waals surface area contributed by atoms with Crippen LogP contribution in [0.15, 0.2) is 63.8 Å². The molecule has 0 saturated heterocycles. The van der Waals surface area contributed by atoms with E-state index in [0.717, 1.165) is 5.56 Å². The monoisotopic (exact) mass is 295 g/mol. The number of carbonyl (C=O) groups is 2. The summed E-state index contributed by atoms with van der Waals surface area (Å²) in [5.41, 5.74) is 6.17. The summed E-state index contributed by atoms with van der Waals surface area (Å²) in [6, 6.07) is 12.6. The maximum absolute atomic E-state index is 12.4. The lowest BCUT2D eigenvalue weighted by Gasteiger charge is -2.16. The number of hydrogen-bond acceptors (Lipinski definition) is 4. The summed E-state index contributed by atoms with van der Waals surface area (Å²) < 4.78 is 5.19. The minimum Gasteiger partial charge on any atom is -0.465 e. The zero-order chi connectivity index (χ0) is 15.5. The zero-order valence-corrected chi connectivity index (χ0v) is 11.6. The predicted molar refractivity (Wildman–Crippen MR) is 80.6 cm³/mol. The first kappa shape index (κ1) is 13.8. The first-order valence-electron chi connectivity index (χ1n) is 6.64. The molecule has 6 nitrogen and oxygen atoms in total. The van der Waals surface area contributed by atoms with Crippen LogP contribution in [0.2, 0.25) is 0 Å². The summed E-state index contributed by atoms with van der Waals surface area (Å²) in [6.07, 6.45) is 3.04. The number of primary amides is 1. The molecule has 0 saturated carbocycles. The van der Waals surface area contributed by atoms with E-state index >= 15 is 0 Å². The molecule has 1 aromatic carbocycles.